The monoisotopic (exact) mass is 308 g/mol. The zero-order chi connectivity index (χ0) is 16.3. The van der Waals surface area contributed by atoms with Gasteiger partial charge in [-0.2, -0.15) is 0 Å². The highest BCUT2D eigenvalue weighted by atomic mass is 16.3. The van der Waals surface area contributed by atoms with Crippen molar-refractivity contribution in [2.24, 2.45) is 14.1 Å². The lowest BCUT2D eigenvalue weighted by atomic mass is 9.98. The van der Waals surface area contributed by atoms with Gasteiger partial charge in [-0.1, -0.05) is 0 Å². The standard InChI is InChI=1S/C19H20N2O2/c1-11-18(22)14-6-4-5-12-10-16-13(7-8-20(16)2)9-15(12)17(14)21(3)19(11)23/h7-10,22H,4-6H2,1-3H3. The Hall–Kier alpha value is -2.49. The Kier molecular flexibility index (Phi) is 2.92. The summed E-state index contributed by atoms with van der Waals surface area (Å²) >= 11 is 0. The van der Waals surface area contributed by atoms with Crippen LogP contribution in [0.4, 0.5) is 0 Å². The molecule has 1 N–H and O–H groups in total. The Morgan fingerprint density at radius 2 is 1.96 bits per heavy atom. The number of pyridine rings is 1. The first-order valence-electron chi connectivity index (χ1n) is 7.98. The van der Waals surface area contributed by atoms with E-state index in [9.17, 15) is 9.90 Å². The molecule has 0 aliphatic heterocycles. The predicted molar refractivity (Wildman–Crippen MR) is 92.0 cm³/mol. The van der Waals surface area contributed by atoms with Gasteiger partial charge in [-0.3, -0.25) is 4.79 Å². The van der Waals surface area contributed by atoms with Gasteiger partial charge in [0.2, 0.25) is 0 Å². The third-order valence-corrected chi connectivity index (χ3v) is 5.13. The first kappa shape index (κ1) is 14.1. The van der Waals surface area contributed by atoms with E-state index in [1.165, 1.54) is 11.1 Å². The number of aromatic nitrogens is 2. The maximum Gasteiger partial charge on any atom is 0.257 e. The Balaban J connectivity index is 2.15. The zero-order valence-corrected chi connectivity index (χ0v) is 13.7. The van der Waals surface area contributed by atoms with Gasteiger partial charge in [-0.05, 0) is 49.9 Å². The van der Waals surface area contributed by atoms with E-state index in [-0.39, 0.29) is 11.3 Å². The third kappa shape index (κ3) is 1.87. The molecule has 3 aromatic rings. The van der Waals surface area contributed by atoms with Crippen molar-refractivity contribution < 1.29 is 5.11 Å². The van der Waals surface area contributed by atoms with Crippen LogP contribution in [0.15, 0.2) is 29.2 Å². The minimum absolute atomic E-state index is 0.123. The number of rotatable bonds is 0. The summed E-state index contributed by atoms with van der Waals surface area (Å²) < 4.78 is 3.82. The first-order chi connectivity index (χ1) is 11.0. The van der Waals surface area contributed by atoms with Gasteiger partial charge < -0.3 is 14.2 Å². The highest BCUT2D eigenvalue weighted by Crippen LogP contribution is 2.38. The SMILES string of the molecule is Cc1c(O)c2c(n(C)c1=O)-c1cc3ccn(C)c3cc1CCC2. The number of benzene rings is 1. The molecule has 118 valence electrons. The topological polar surface area (TPSA) is 47.2 Å². The van der Waals surface area contributed by atoms with Gasteiger partial charge in [0.15, 0.2) is 0 Å². The molecule has 0 bridgehead atoms. The molecule has 0 atom stereocenters. The van der Waals surface area contributed by atoms with Crippen LogP contribution < -0.4 is 5.56 Å². The maximum atomic E-state index is 12.4. The largest absolute Gasteiger partial charge is 0.507 e. The van der Waals surface area contributed by atoms with Crippen LogP contribution in [-0.2, 0) is 26.9 Å². The van der Waals surface area contributed by atoms with Crippen molar-refractivity contribution in [1.29, 1.82) is 0 Å². The normalized spacial score (nSPS) is 13.7. The molecule has 4 nitrogen and oxygen atoms in total. The minimum atomic E-state index is -0.123. The Bertz CT molecular complexity index is 1010. The van der Waals surface area contributed by atoms with Crippen LogP contribution in [0.25, 0.3) is 22.2 Å². The molecule has 4 rings (SSSR count). The Morgan fingerprint density at radius 3 is 2.74 bits per heavy atom. The minimum Gasteiger partial charge on any atom is -0.507 e. The van der Waals surface area contributed by atoms with Gasteiger partial charge in [0.05, 0.1) is 11.3 Å². The summed E-state index contributed by atoms with van der Waals surface area (Å²) in [4.78, 5) is 12.4. The van der Waals surface area contributed by atoms with E-state index in [0.717, 1.165) is 41.5 Å². The molecular formula is C19H20N2O2. The lowest BCUT2D eigenvalue weighted by molar-refractivity contribution is 0.459. The van der Waals surface area contributed by atoms with Crippen LogP contribution in [0.3, 0.4) is 0 Å². The molecule has 0 saturated carbocycles. The quantitative estimate of drug-likeness (QED) is 0.694. The van der Waals surface area contributed by atoms with Gasteiger partial charge in [-0.25, -0.2) is 0 Å². The van der Waals surface area contributed by atoms with Crippen molar-refractivity contribution in [3.63, 3.8) is 0 Å². The average Bonchev–Trinajstić information content (AvgIpc) is 2.79. The van der Waals surface area contributed by atoms with Crippen LogP contribution in [-0.4, -0.2) is 14.2 Å². The first-order valence-corrected chi connectivity index (χ1v) is 7.98. The fourth-order valence-electron chi connectivity index (χ4n) is 3.82. The van der Waals surface area contributed by atoms with Crippen molar-refractivity contribution in [2.75, 3.05) is 0 Å². The zero-order valence-electron chi connectivity index (χ0n) is 13.7. The lowest BCUT2D eigenvalue weighted by Crippen LogP contribution is -2.22. The summed E-state index contributed by atoms with van der Waals surface area (Å²) in [6.07, 6.45) is 4.77. The number of aromatic hydroxyl groups is 1. The number of hydrogen-bond donors (Lipinski definition) is 1. The molecule has 23 heavy (non-hydrogen) atoms. The fraction of sp³-hybridized carbons (Fsp3) is 0.316. The summed E-state index contributed by atoms with van der Waals surface area (Å²) in [5.74, 6) is 0.170. The van der Waals surface area contributed by atoms with Crippen LogP contribution in [0.5, 0.6) is 5.75 Å². The molecule has 2 heterocycles. The molecule has 4 heteroatoms. The van der Waals surface area contributed by atoms with Crippen molar-refractivity contribution in [3.8, 4) is 17.0 Å². The average molecular weight is 308 g/mol. The maximum absolute atomic E-state index is 12.4. The van der Waals surface area contributed by atoms with Gasteiger partial charge in [0.25, 0.3) is 5.56 Å². The molecule has 0 radical (unpaired) electrons. The fourth-order valence-corrected chi connectivity index (χ4v) is 3.82. The van der Waals surface area contributed by atoms with Gasteiger partial charge in [-0.15, -0.1) is 0 Å². The summed E-state index contributed by atoms with van der Waals surface area (Å²) in [7, 11) is 3.85. The van der Waals surface area contributed by atoms with Crippen LogP contribution >= 0.6 is 0 Å². The van der Waals surface area contributed by atoms with Crippen molar-refractivity contribution in [2.45, 2.75) is 26.2 Å². The van der Waals surface area contributed by atoms with Crippen LogP contribution in [0, 0.1) is 6.92 Å². The molecule has 0 spiro atoms. The molecular weight excluding hydrogens is 288 g/mol. The van der Waals surface area contributed by atoms with E-state index in [4.69, 9.17) is 0 Å². The molecule has 0 saturated heterocycles. The molecule has 1 aliphatic carbocycles. The van der Waals surface area contributed by atoms with E-state index in [1.807, 2.05) is 7.05 Å². The number of aryl methyl sites for hydroxylation is 2. The van der Waals surface area contributed by atoms with E-state index in [0.29, 0.717) is 5.56 Å². The van der Waals surface area contributed by atoms with Crippen molar-refractivity contribution in [3.05, 3.63) is 51.4 Å². The number of hydrogen-bond acceptors (Lipinski definition) is 2. The Morgan fingerprint density at radius 1 is 1.17 bits per heavy atom. The van der Waals surface area contributed by atoms with Crippen LogP contribution in [0.1, 0.15) is 23.1 Å². The molecule has 1 aromatic carbocycles. The summed E-state index contributed by atoms with van der Waals surface area (Å²) in [6, 6.07) is 6.47. The molecule has 0 unspecified atom stereocenters. The molecule has 1 aliphatic rings. The molecule has 0 fully saturated rings. The lowest BCUT2D eigenvalue weighted by Gasteiger charge is -2.17. The van der Waals surface area contributed by atoms with E-state index >= 15 is 0 Å². The van der Waals surface area contributed by atoms with E-state index < -0.39 is 0 Å². The van der Waals surface area contributed by atoms with E-state index in [1.54, 1.807) is 18.5 Å². The summed E-state index contributed by atoms with van der Waals surface area (Å²) in [5, 5.41) is 11.7. The smallest absolute Gasteiger partial charge is 0.257 e. The van der Waals surface area contributed by atoms with Gasteiger partial charge in [0, 0.05) is 42.3 Å². The molecule has 2 aromatic heterocycles. The van der Waals surface area contributed by atoms with Gasteiger partial charge >= 0.3 is 0 Å². The second-order valence-corrected chi connectivity index (χ2v) is 6.51. The highest BCUT2D eigenvalue weighted by molar-refractivity contribution is 5.88. The summed E-state index contributed by atoms with van der Waals surface area (Å²) in [5.41, 5.74) is 5.61. The molecule has 0 amide bonds. The second kappa shape index (κ2) is 4.75. The number of fused-ring (bicyclic) bond motifs is 4. The van der Waals surface area contributed by atoms with Crippen LogP contribution in [0.2, 0.25) is 0 Å². The van der Waals surface area contributed by atoms with Gasteiger partial charge in [0.1, 0.15) is 5.75 Å². The number of nitrogens with zero attached hydrogens (tertiary/aromatic N) is 2. The van der Waals surface area contributed by atoms with Crippen molar-refractivity contribution >= 4 is 10.9 Å². The Labute approximate surface area is 134 Å². The van der Waals surface area contributed by atoms with E-state index in [2.05, 4.69) is 29.0 Å². The predicted octanol–water partition coefficient (Wildman–Crippen LogP) is 3.05. The second-order valence-electron chi connectivity index (χ2n) is 6.51. The highest BCUT2D eigenvalue weighted by Gasteiger charge is 2.23. The van der Waals surface area contributed by atoms with Crippen molar-refractivity contribution in [1.82, 2.24) is 9.13 Å². The third-order valence-electron chi connectivity index (χ3n) is 5.13. The summed E-state index contributed by atoms with van der Waals surface area (Å²) in [6.45, 7) is 1.70.